The van der Waals surface area contributed by atoms with Crippen LogP contribution in [0.25, 0.3) is 0 Å². The number of rotatable bonds is 5. The first-order chi connectivity index (χ1) is 7.13. The molecular weight excluding hydrogens is 234 g/mol. The van der Waals surface area contributed by atoms with Crippen molar-refractivity contribution in [3.63, 3.8) is 0 Å². The number of nitrogens with zero attached hydrogens (tertiary/aromatic N) is 1. The first kappa shape index (κ1) is 12.4. The largest absolute Gasteiger partial charge is 0.355 e. The van der Waals surface area contributed by atoms with Crippen molar-refractivity contribution in [1.82, 2.24) is 15.6 Å². The molecule has 1 rings (SSSR count). The van der Waals surface area contributed by atoms with Crippen LogP contribution in [0.4, 0.5) is 0 Å². The first-order valence-corrected chi connectivity index (χ1v) is 5.94. The molecule has 0 aliphatic rings. The van der Waals surface area contributed by atoms with E-state index in [9.17, 15) is 4.79 Å². The van der Waals surface area contributed by atoms with E-state index in [1.165, 1.54) is 11.3 Å². The van der Waals surface area contributed by atoms with Crippen LogP contribution in [-0.2, 0) is 11.3 Å². The van der Waals surface area contributed by atoms with Crippen molar-refractivity contribution >= 4 is 28.8 Å². The highest BCUT2D eigenvalue weighted by Gasteiger charge is 2.11. The van der Waals surface area contributed by atoms with E-state index < -0.39 is 0 Å². The van der Waals surface area contributed by atoms with Crippen LogP contribution >= 0.6 is 22.9 Å². The van der Waals surface area contributed by atoms with Gasteiger partial charge in [0, 0.05) is 13.1 Å². The van der Waals surface area contributed by atoms with Gasteiger partial charge in [0.1, 0.15) is 9.34 Å². The van der Waals surface area contributed by atoms with Crippen molar-refractivity contribution in [3.05, 3.63) is 15.5 Å². The molecule has 0 radical (unpaired) electrons. The predicted molar refractivity (Wildman–Crippen MR) is 62.1 cm³/mol. The lowest BCUT2D eigenvalue weighted by Gasteiger charge is -2.11. The van der Waals surface area contributed by atoms with Crippen LogP contribution in [0.15, 0.2) is 6.20 Å². The topological polar surface area (TPSA) is 54.0 Å². The van der Waals surface area contributed by atoms with Gasteiger partial charge in [-0.3, -0.25) is 10.1 Å². The smallest absolute Gasteiger partial charge is 0.236 e. The number of nitrogens with one attached hydrogen (secondary N) is 2. The van der Waals surface area contributed by atoms with E-state index in [0.717, 1.165) is 5.01 Å². The summed E-state index contributed by atoms with van der Waals surface area (Å²) >= 11 is 7.15. The van der Waals surface area contributed by atoms with Crippen LogP contribution < -0.4 is 10.6 Å². The van der Waals surface area contributed by atoms with Crippen LogP contribution in [0, 0.1) is 0 Å². The van der Waals surface area contributed by atoms with Crippen molar-refractivity contribution in [2.45, 2.75) is 26.4 Å². The summed E-state index contributed by atoms with van der Waals surface area (Å²) in [7, 11) is 0. The Bertz CT molecular complexity index is 329. The summed E-state index contributed by atoms with van der Waals surface area (Å²) in [5.74, 6) is 0.000142. The highest BCUT2D eigenvalue weighted by molar-refractivity contribution is 7.15. The van der Waals surface area contributed by atoms with Gasteiger partial charge in [-0.05, 0) is 13.8 Å². The van der Waals surface area contributed by atoms with Gasteiger partial charge in [-0.1, -0.05) is 11.6 Å². The molecule has 4 nitrogen and oxygen atoms in total. The zero-order chi connectivity index (χ0) is 11.3. The predicted octanol–water partition coefficient (Wildman–Crippen LogP) is 1.41. The maximum Gasteiger partial charge on any atom is 0.236 e. The van der Waals surface area contributed by atoms with Crippen molar-refractivity contribution < 1.29 is 4.79 Å². The maximum absolute atomic E-state index is 11.4. The fourth-order valence-electron chi connectivity index (χ4n) is 1.03. The number of halogens is 1. The molecule has 0 aliphatic carbocycles. The van der Waals surface area contributed by atoms with E-state index in [-0.39, 0.29) is 11.9 Å². The van der Waals surface area contributed by atoms with Crippen molar-refractivity contribution in [1.29, 1.82) is 0 Å². The number of carbonyl (C=O) groups is 1. The lowest BCUT2D eigenvalue weighted by molar-refractivity contribution is -0.122. The third-order valence-corrected chi connectivity index (χ3v) is 2.94. The minimum atomic E-state index is -0.215. The zero-order valence-corrected chi connectivity index (χ0v) is 10.3. The number of likely N-dealkylation sites (N-methyl/N-ethyl adjacent to an activating group) is 1. The Morgan fingerprint density at radius 3 is 3.00 bits per heavy atom. The summed E-state index contributed by atoms with van der Waals surface area (Å²) in [4.78, 5) is 15.4. The molecule has 0 bridgehead atoms. The summed E-state index contributed by atoms with van der Waals surface area (Å²) in [6.07, 6.45) is 1.61. The Morgan fingerprint density at radius 2 is 2.47 bits per heavy atom. The number of carbonyl (C=O) groups excluding carboxylic acids is 1. The minimum Gasteiger partial charge on any atom is -0.355 e. The monoisotopic (exact) mass is 247 g/mol. The number of thiazole rings is 1. The van der Waals surface area contributed by atoms with E-state index in [4.69, 9.17) is 11.6 Å². The van der Waals surface area contributed by atoms with Crippen LogP contribution in [-0.4, -0.2) is 23.5 Å². The molecule has 1 aromatic rings. The van der Waals surface area contributed by atoms with Gasteiger partial charge in [-0.15, -0.1) is 11.3 Å². The lowest BCUT2D eigenvalue weighted by Crippen LogP contribution is -2.41. The Morgan fingerprint density at radius 1 is 1.73 bits per heavy atom. The van der Waals surface area contributed by atoms with Crippen LogP contribution in [0.2, 0.25) is 4.34 Å². The maximum atomic E-state index is 11.4. The van der Waals surface area contributed by atoms with Crippen molar-refractivity contribution in [2.24, 2.45) is 0 Å². The molecule has 0 fully saturated rings. The summed E-state index contributed by atoms with van der Waals surface area (Å²) in [6.45, 7) is 4.93. The van der Waals surface area contributed by atoms with Crippen LogP contribution in [0.3, 0.4) is 0 Å². The molecule has 1 atom stereocenters. The second-order valence-electron chi connectivity index (χ2n) is 3.06. The second kappa shape index (κ2) is 6.05. The normalized spacial score (nSPS) is 12.5. The average Bonchev–Trinajstić information content (AvgIpc) is 2.61. The zero-order valence-electron chi connectivity index (χ0n) is 8.71. The number of aromatic nitrogens is 1. The molecule has 1 amide bonds. The fraction of sp³-hybridized carbons (Fsp3) is 0.556. The van der Waals surface area contributed by atoms with Crippen molar-refractivity contribution in [2.75, 3.05) is 6.54 Å². The van der Waals surface area contributed by atoms with Gasteiger partial charge in [0.2, 0.25) is 5.91 Å². The molecule has 15 heavy (non-hydrogen) atoms. The number of amides is 1. The Kier molecular flexibility index (Phi) is 5.01. The third-order valence-electron chi connectivity index (χ3n) is 1.83. The average molecular weight is 248 g/mol. The molecule has 2 N–H and O–H groups in total. The summed E-state index contributed by atoms with van der Waals surface area (Å²) < 4.78 is 0.664. The summed E-state index contributed by atoms with van der Waals surface area (Å²) in [5.41, 5.74) is 0. The highest BCUT2D eigenvalue weighted by Crippen LogP contribution is 2.17. The van der Waals surface area contributed by atoms with Crippen molar-refractivity contribution in [3.8, 4) is 0 Å². The quantitative estimate of drug-likeness (QED) is 0.827. The minimum absolute atomic E-state index is 0.000142. The van der Waals surface area contributed by atoms with Gasteiger partial charge >= 0.3 is 0 Å². The second-order valence-corrected chi connectivity index (χ2v) is 4.80. The van der Waals surface area contributed by atoms with Crippen LogP contribution in [0.5, 0.6) is 0 Å². The molecule has 1 heterocycles. The third kappa shape index (κ3) is 4.15. The van der Waals surface area contributed by atoms with Gasteiger partial charge in [0.25, 0.3) is 0 Å². The Labute approximate surface area is 98.0 Å². The van der Waals surface area contributed by atoms with Gasteiger partial charge in [-0.25, -0.2) is 4.98 Å². The number of hydrogen-bond donors (Lipinski definition) is 2. The van der Waals surface area contributed by atoms with E-state index >= 15 is 0 Å². The molecule has 0 saturated carbocycles. The molecule has 0 aromatic carbocycles. The summed E-state index contributed by atoms with van der Waals surface area (Å²) in [5, 5.41) is 6.70. The van der Waals surface area contributed by atoms with Gasteiger partial charge < -0.3 is 5.32 Å². The Balaban J connectivity index is 2.33. The molecular formula is C9H14ClN3OS. The van der Waals surface area contributed by atoms with E-state index in [1.54, 1.807) is 6.20 Å². The highest BCUT2D eigenvalue weighted by atomic mass is 35.5. The van der Waals surface area contributed by atoms with Gasteiger partial charge in [-0.2, -0.15) is 0 Å². The number of hydrogen-bond acceptors (Lipinski definition) is 4. The van der Waals surface area contributed by atoms with Gasteiger partial charge in [0.05, 0.1) is 12.2 Å². The summed E-state index contributed by atoms with van der Waals surface area (Å²) in [6, 6.07) is -0.215. The first-order valence-electron chi connectivity index (χ1n) is 4.74. The molecule has 0 spiro atoms. The lowest BCUT2D eigenvalue weighted by atomic mass is 10.3. The van der Waals surface area contributed by atoms with E-state index in [2.05, 4.69) is 15.6 Å². The molecule has 6 heteroatoms. The SMILES string of the molecule is CCNC(=O)C(C)NCc1ncc(Cl)s1. The molecule has 0 saturated heterocycles. The van der Waals surface area contributed by atoms with E-state index in [0.29, 0.717) is 17.4 Å². The van der Waals surface area contributed by atoms with Gasteiger partial charge in [0.15, 0.2) is 0 Å². The fourth-order valence-corrected chi connectivity index (χ4v) is 1.94. The standard InChI is InChI=1S/C9H14ClN3OS/c1-3-11-9(14)6(2)12-5-8-13-4-7(10)15-8/h4,6,12H,3,5H2,1-2H3,(H,11,14). The molecule has 1 aromatic heterocycles. The molecule has 1 unspecified atom stereocenters. The molecule has 84 valence electrons. The van der Waals surface area contributed by atoms with E-state index in [1.807, 2.05) is 13.8 Å². The molecule has 0 aliphatic heterocycles. The Hall–Kier alpha value is -0.650. The van der Waals surface area contributed by atoms with Crippen LogP contribution in [0.1, 0.15) is 18.9 Å².